The first-order chi connectivity index (χ1) is 32.7. The summed E-state index contributed by atoms with van der Waals surface area (Å²) >= 11 is -0.0310. The zero-order valence-electron chi connectivity index (χ0n) is 33.8. The molecule has 0 unspecified atom stereocenters. The van der Waals surface area contributed by atoms with Gasteiger partial charge in [-0.3, -0.25) is 28.3 Å². The third-order valence-corrected chi connectivity index (χ3v) is 14.3. The maximum absolute atomic E-state index is 13.0. The third-order valence-electron chi connectivity index (χ3n) is 9.19. The van der Waals surface area contributed by atoms with Gasteiger partial charge < -0.3 is 21.1 Å². The van der Waals surface area contributed by atoms with Crippen molar-refractivity contribution < 1.29 is 100.0 Å². The van der Waals surface area contributed by atoms with Crippen LogP contribution in [0.15, 0.2) is 127 Å². The average molecular weight is 1110 g/mol. The molecular formula is C33H23N9O23S6. The lowest BCUT2D eigenvalue weighted by Gasteiger charge is -2.15. The molecule has 32 nitrogen and oxygen atoms in total. The molecule has 0 heterocycles. The Morgan fingerprint density at radius 1 is 0.620 bits per heavy atom. The number of rotatable bonds is 16. The van der Waals surface area contributed by atoms with E-state index in [0.717, 1.165) is 30.3 Å². The summed E-state index contributed by atoms with van der Waals surface area (Å²) in [5.74, 6) is -4.32. The van der Waals surface area contributed by atoms with Crippen LogP contribution in [0.25, 0.3) is 21.5 Å². The van der Waals surface area contributed by atoms with Crippen molar-refractivity contribution in [1.82, 2.24) is 0 Å². The number of non-ortho nitro benzene ring substituents is 1. The smallest absolute Gasteiger partial charge is 0.338 e. The molecule has 6 aromatic carbocycles. The number of aromatic carboxylic acids is 1. The third kappa shape index (κ3) is 11.0. The first-order valence-electron chi connectivity index (χ1n) is 17.7. The van der Waals surface area contributed by atoms with Gasteiger partial charge in [-0.1, -0.05) is 5.04 Å². The summed E-state index contributed by atoms with van der Waals surface area (Å²) < 4.78 is 169. The Morgan fingerprint density at radius 2 is 1.18 bits per heavy atom. The van der Waals surface area contributed by atoms with Crippen LogP contribution in [-0.2, 0) is 59.9 Å². The van der Waals surface area contributed by atoms with Crippen molar-refractivity contribution in [1.29, 1.82) is 0 Å². The van der Waals surface area contributed by atoms with E-state index >= 15 is 0 Å². The molecule has 6 aromatic rings. The summed E-state index contributed by atoms with van der Waals surface area (Å²) in [6.45, 7) is 0. The number of carbonyl (C=O) groups is 1. The number of aromatic hydroxyl groups is 2. The Hall–Kier alpha value is -7.31. The zero-order chi connectivity index (χ0) is 52.9. The van der Waals surface area contributed by atoms with Gasteiger partial charge in [0.25, 0.3) is 46.2 Å². The van der Waals surface area contributed by atoms with Crippen LogP contribution in [0.2, 0.25) is 0 Å². The fourth-order valence-electron chi connectivity index (χ4n) is 6.21. The molecular weight excluding hydrogens is 1080 g/mol. The number of phenols is 2. The normalized spacial score (nSPS) is 13.0. The molecule has 0 atom stereocenters. The number of nitrogens with zero attached hydrogens (tertiary/aromatic N) is 7. The topological polar surface area (TPSA) is 537 Å². The minimum Gasteiger partial charge on any atom is -0.505 e. The molecule has 0 saturated carbocycles. The standard InChI is InChI=1S/C33H23N9O23S6/c34-27-21(11-23(68(52,53)54)17-9-22(66-65-64-49)28(31(44)26(17)27)40-37-19-4-1-12(42(47)48)7-24(19)69(55,56)57)39-38-20-6-3-14-15(32(20)71(61,62)63)10-25(70(58,59)60)29(30(14)43)41-36-18-5-2-13(67(35,50)51)8-16(18)33(45)46/h1-11,43-44,49H,34H2,(H,45,46)(H2,35,50,51)(H,52,53,54)(H,55,56,57)(H,58,59,60)(H,61,62,63). The number of nitrogen functional groups attached to an aromatic ring is 1. The number of nitrogens with two attached hydrogens (primary N) is 2. The second kappa shape index (κ2) is 19.1. The number of nitro benzene ring substituents is 1. The molecule has 0 saturated heterocycles. The molecule has 71 heavy (non-hydrogen) atoms. The number of anilines is 1. The van der Waals surface area contributed by atoms with E-state index < -0.39 is 175 Å². The highest BCUT2D eigenvalue weighted by molar-refractivity contribution is 7.94. The number of hydrogen-bond donors (Lipinski definition) is 10. The quantitative estimate of drug-likeness (QED) is 0.0102. The van der Waals surface area contributed by atoms with E-state index in [1.165, 1.54) is 0 Å². The highest BCUT2D eigenvalue weighted by Gasteiger charge is 2.30. The van der Waals surface area contributed by atoms with Gasteiger partial charge >= 0.3 is 5.97 Å². The van der Waals surface area contributed by atoms with Crippen LogP contribution >= 0.6 is 12.0 Å². The fraction of sp³-hybridized carbons (Fsp3) is 0. The number of azo groups is 3. The summed E-state index contributed by atoms with van der Waals surface area (Å²) in [6.07, 6.45) is 0. The summed E-state index contributed by atoms with van der Waals surface area (Å²) in [4.78, 5) is 15.7. The van der Waals surface area contributed by atoms with Gasteiger partial charge in [0.15, 0.2) is 11.5 Å². The van der Waals surface area contributed by atoms with Crippen LogP contribution < -0.4 is 10.9 Å². The van der Waals surface area contributed by atoms with Crippen molar-refractivity contribution in [2.75, 3.05) is 5.73 Å². The van der Waals surface area contributed by atoms with Crippen LogP contribution in [0.5, 0.6) is 11.5 Å². The first-order valence-corrected chi connectivity index (χ1v) is 25.7. The largest absolute Gasteiger partial charge is 0.505 e. The predicted molar refractivity (Wildman–Crippen MR) is 236 cm³/mol. The van der Waals surface area contributed by atoms with Crippen molar-refractivity contribution in [3.05, 3.63) is 82.4 Å². The lowest BCUT2D eigenvalue weighted by atomic mass is 10.0. The molecule has 0 bridgehead atoms. The van der Waals surface area contributed by atoms with Crippen molar-refractivity contribution in [2.24, 2.45) is 35.8 Å². The molecule has 0 radical (unpaired) electrons. The van der Waals surface area contributed by atoms with Gasteiger partial charge in [0, 0.05) is 28.3 Å². The van der Waals surface area contributed by atoms with E-state index in [1.807, 2.05) is 0 Å². The monoisotopic (exact) mass is 1100 g/mol. The summed E-state index contributed by atoms with van der Waals surface area (Å²) in [5.41, 5.74) is -1.59. The van der Waals surface area contributed by atoms with E-state index in [1.54, 1.807) is 0 Å². The highest BCUT2D eigenvalue weighted by Crippen LogP contribution is 2.51. The van der Waals surface area contributed by atoms with Crippen molar-refractivity contribution in [3.8, 4) is 11.5 Å². The molecule has 374 valence electrons. The SMILES string of the molecule is Nc1c(N=Nc2ccc3c(O)c(N=Nc4ccc(S(N)(=O)=O)cc4C(=O)O)c(S(=O)(=O)O)cc3c2S(=O)(=O)O)cc(S(=O)(=O)O)c2cc(SOOO)c(N=Nc3ccc([N+](=O)[O-])cc3S(=O)(=O)O)c(O)c12. The molecule has 12 N–H and O–H groups in total. The minimum atomic E-state index is -5.67. The van der Waals surface area contributed by atoms with Crippen LogP contribution in [0, 0.1) is 10.1 Å². The molecule has 0 amide bonds. The van der Waals surface area contributed by atoms with Crippen LogP contribution in [0.4, 0.5) is 45.5 Å². The predicted octanol–water partition coefficient (Wildman–Crippen LogP) is 5.90. The Balaban J connectivity index is 1.58. The van der Waals surface area contributed by atoms with Gasteiger partial charge in [0.2, 0.25) is 10.0 Å². The fourth-order valence-corrected chi connectivity index (χ4v) is 10.1. The Morgan fingerprint density at radius 3 is 1.75 bits per heavy atom. The molecule has 6 rings (SSSR count). The van der Waals surface area contributed by atoms with Crippen LogP contribution in [0.3, 0.4) is 0 Å². The lowest BCUT2D eigenvalue weighted by Crippen LogP contribution is -2.13. The second-order valence-corrected chi connectivity index (χ2v) is 21.4. The zero-order valence-corrected chi connectivity index (χ0v) is 38.7. The highest BCUT2D eigenvalue weighted by atomic mass is 32.2. The Bertz CT molecular complexity index is 4000. The molecule has 0 aromatic heterocycles. The van der Waals surface area contributed by atoms with Crippen molar-refractivity contribution in [3.63, 3.8) is 0 Å². The number of fused-ring (bicyclic) bond motifs is 2. The number of primary sulfonamides is 1. The van der Waals surface area contributed by atoms with E-state index in [0.29, 0.717) is 36.4 Å². The average Bonchev–Trinajstić information content (AvgIpc) is 3.25. The number of benzene rings is 6. The summed E-state index contributed by atoms with van der Waals surface area (Å²) in [7, 11) is -26.5. The number of sulfonamides is 1. The molecule has 0 aliphatic heterocycles. The van der Waals surface area contributed by atoms with Gasteiger partial charge in [-0.05, 0) is 54.6 Å². The molecule has 0 fully saturated rings. The maximum atomic E-state index is 13.0. The van der Waals surface area contributed by atoms with Gasteiger partial charge in [-0.2, -0.15) is 33.7 Å². The second-order valence-electron chi connectivity index (χ2n) is 13.5. The van der Waals surface area contributed by atoms with Gasteiger partial charge in [-0.15, -0.1) is 35.0 Å². The van der Waals surface area contributed by atoms with E-state index in [4.69, 9.17) is 16.1 Å². The number of hydrogen-bond acceptors (Lipinski definition) is 26. The number of carboxylic acids is 1. The van der Waals surface area contributed by atoms with Gasteiger partial charge in [0.1, 0.15) is 53.7 Å². The first kappa shape index (κ1) is 53.0. The Labute approximate surface area is 398 Å². The minimum absolute atomic E-state index is 0.0310. The molecule has 0 aliphatic rings. The maximum Gasteiger partial charge on any atom is 0.338 e. The van der Waals surface area contributed by atoms with E-state index in [2.05, 4.69) is 40.1 Å². The number of carboxylic acid groups (broad SMARTS) is 1. The number of phenolic OH excluding ortho intramolecular Hbond substituents is 2. The molecule has 0 aliphatic carbocycles. The number of nitro groups is 1. The van der Waals surface area contributed by atoms with Crippen molar-refractivity contribution >= 4 is 136 Å². The Kier molecular flexibility index (Phi) is 14.3. The molecule has 0 spiro atoms. The van der Waals surface area contributed by atoms with Gasteiger partial charge in [0.05, 0.1) is 43.4 Å². The lowest BCUT2D eigenvalue weighted by molar-refractivity contribution is -0.432. The van der Waals surface area contributed by atoms with Crippen LogP contribution in [-0.4, -0.2) is 91.8 Å². The van der Waals surface area contributed by atoms with Crippen molar-refractivity contribution in [2.45, 2.75) is 29.4 Å². The van der Waals surface area contributed by atoms with E-state index in [-0.39, 0.29) is 12.0 Å². The summed E-state index contributed by atoms with van der Waals surface area (Å²) in [6, 6.07) is 7.04. The van der Waals surface area contributed by atoms with Gasteiger partial charge in [-0.25, -0.2) is 23.6 Å². The van der Waals surface area contributed by atoms with Crippen LogP contribution in [0.1, 0.15) is 10.4 Å². The van der Waals surface area contributed by atoms with E-state index in [9.17, 15) is 90.5 Å². The molecule has 38 heteroatoms. The summed E-state index contributed by atoms with van der Waals surface area (Å²) in [5, 5.41) is 79.5.